The number of nitrogens with zero attached hydrogens (tertiary/aromatic N) is 4. The molecule has 0 saturated heterocycles. The third-order valence-electron chi connectivity index (χ3n) is 5.98. The average Bonchev–Trinajstić information content (AvgIpc) is 2.81. The largest absolute Gasteiger partial charge is 0.472 e. The van der Waals surface area contributed by atoms with E-state index in [1.54, 1.807) is 23.2 Å². The van der Waals surface area contributed by atoms with Crippen LogP contribution in [0.2, 0.25) is 0 Å². The minimum atomic E-state index is -0.356. The molecule has 1 aliphatic rings. The van der Waals surface area contributed by atoms with Crippen molar-refractivity contribution in [1.82, 2.24) is 19.7 Å². The van der Waals surface area contributed by atoms with Gasteiger partial charge in [-0.2, -0.15) is 0 Å². The van der Waals surface area contributed by atoms with Gasteiger partial charge in [-0.25, -0.2) is 9.37 Å². The van der Waals surface area contributed by atoms with Gasteiger partial charge >= 0.3 is 0 Å². The van der Waals surface area contributed by atoms with Gasteiger partial charge in [-0.05, 0) is 51.8 Å². The number of ether oxygens (including phenoxy) is 1. The molecule has 2 heterocycles. The molecule has 1 aromatic carbocycles. The number of benzene rings is 1. The fourth-order valence-electron chi connectivity index (χ4n) is 4.01. The fraction of sp³-hybridized carbons (Fsp3) is 0.481. The molecule has 0 aliphatic carbocycles. The van der Waals surface area contributed by atoms with Gasteiger partial charge in [0, 0.05) is 37.3 Å². The highest BCUT2D eigenvalue weighted by Crippen LogP contribution is 2.27. The monoisotopic (exact) mass is 482 g/mol. The first-order chi connectivity index (χ1) is 16.7. The van der Waals surface area contributed by atoms with E-state index in [1.165, 1.54) is 12.1 Å². The van der Waals surface area contributed by atoms with Crippen molar-refractivity contribution in [3.8, 4) is 17.7 Å². The van der Waals surface area contributed by atoms with Crippen LogP contribution in [0.5, 0.6) is 5.88 Å². The number of halogens is 1. The summed E-state index contributed by atoms with van der Waals surface area (Å²) in [7, 11) is 5.83. The topological polar surface area (TPSA) is 69.1 Å². The van der Waals surface area contributed by atoms with E-state index >= 15 is 0 Å². The zero-order valence-corrected chi connectivity index (χ0v) is 21.2. The van der Waals surface area contributed by atoms with Crippen molar-refractivity contribution in [3.05, 3.63) is 59.0 Å². The Balaban J connectivity index is 1.89. The van der Waals surface area contributed by atoms with Crippen LogP contribution in [0.15, 0.2) is 36.5 Å². The summed E-state index contributed by atoms with van der Waals surface area (Å²) in [6.45, 7) is 5.83. The quantitative estimate of drug-likeness (QED) is 0.612. The lowest BCUT2D eigenvalue weighted by Crippen LogP contribution is -2.49. The molecular formula is C27H35FN4O3. The fourth-order valence-corrected chi connectivity index (χ4v) is 4.01. The molecular weight excluding hydrogens is 447 g/mol. The number of likely N-dealkylation sites (N-methyl/N-ethyl adjacent to an activating group) is 1. The minimum Gasteiger partial charge on any atom is -0.472 e. The van der Waals surface area contributed by atoms with Gasteiger partial charge in [0.1, 0.15) is 17.5 Å². The molecule has 188 valence electrons. The lowest BCUT2D eigenvalue weighted by Gasteiger charge is -2.37. The van der Waals surface area contributed by atoms with Crippen LogP contribution in [0, 0.1) is 23.6 Å². The standard InChI is InChI=1S/C27H35FN4O3/c1-19-15-32(20(2)18-33)27(34)24-13-21(9-7-11-30(3)4)14-29-26(24)35-25(19)17-31(5)16-22-8-6-10-23(28)12-22/h6,8,10,12-14,19-20,25,33H,11,15-18H2,1-5H3/t19-,20-,25-/m0/s1. The highest BCUT2D eigenvalue weighted by atomic mass is 19.1. The van der Waals surface area contributed by atoms with E-state index in [0.29, 0.717) is 37.3 Å². The molecule has 1 aliphatic heterocycles. The Morgan fingerprint density at radius 1 is 1.31 bits per heavy atom. The second-order valence-corrected chi connectivity index (χ2v) is 9.57. The van der Waals surface area contributed by atoms with E-state index < -0.39 is 0 Å². The first-order valence-corrected chi connectivity index (χ1v) is 11.8. The molecule has 0 bridgehead atoms. The van der Waals surface area contributed by atoms with Crippen molar-refractivity contribution in [1.29, 1.82) is 0 Å². The number of carbonyl (C=O) groups is 1. The predicted octanol–water partition coefficient (Wildman–Crippen LogP) is 2.49. The third-order valence-corrected chi connectivity index (χ3v) is 5.98. The highest BCUT2D eigenvalue weighted by Gasteiger charge is 2.34. The summed E-state index contributed by atoms with van der Waals surface area (Å²) in [5, 5.41) is 9.82. The molecule has 35 heavy (non-hydrogen) atoms. The molecule has 1 aromatic heterocycles. The third kappa shape index (κ3) is 7.25. The second kappa shape index (κ2) is 12.1. The maximum Gasteiger partial charge on any atom is 0.259 e. The molecule has 7 nitrogen and oxygen atoms in total. The van der Waals surface area contributed by atoms with Crippen molar-refractivity contribution in [2.75, 3.05) is 47.4 Å². The van der Waals surface area contributed by atoms with E-state index in [4.69, 9.17) is 4.74 Å². The zero-order valence-electron chi connectivity index (χ0n) is 21.2. The van der Waals surface area contributed by atoms with Gasteiger partial charge in [0.2, 0.25) is 5.88 Å². The van der Waals surface area contributed by atoms with Gasteiger partial charge in [0.25, 0.3) is 5.91 Å². The SMILES string of the molecule is C[C@H]1CN([C@@H](C)CO)C(=O)c2cc(C#CCN(C)C)cnc2O[C@H]1CN(C)Cc1cccc(F)c1. The molecule has 0 radical (unpaired) electrons. The number of hydrogen-bond donors (Lipinski definition) is 1. The van der Waals surface area contributed by atoms with E-state index in [2.05, 4.69) is 21.7 Å². The number of aliphatic hydroxyl groups excluding tert-OH is 1. The molecule has 1 N–H and O–H groups in total. The average molecular weight is 483 g/mol. The van der Waals surface area contributed by atoms with E-state index in [-0.39, 0.29) is 42.3 Å². The number of hydrogen-bond acceptors (Lipinski definition) is 6. The number of fused-ring (bicyclic) bond motifs is 1. The maximum atomic E-state index is 13.6. The molecule has 0 saturated carbocycles. The van der Waals surface area contributed by atoms with Crippen molar-refractivity contribution in [2.24, 2.45) is 5.92 Å². The Hall–Kier alpha value is -2.99. The van der Waals surface area contributed by atoms with Gasteiger partial charge in [-0.3, -0.25) is 14.6 Å². The Bertz CT molecular complexity index is 1080. The Morgan fingerprint density at radius 3 is 2.77 bits per heavy atom. The minimum absolute atomic E-state index is 0.0302. The van der Waals surface area contributed by atoms with Crippen LogP contribution in [-0.2, 0) is 6.54 Å². The normalized spacial score (nSPS) is 18.9. The van der Waals surface area contributed by atoms with Crippen LogP contribution in [-0.4, -0.2) is 90.2 Å². The number of rotatable bonds is 7. The summed E-state index contributed by atoms with van der Waals surface area (Å²) >= 11 is 0. The van der Waals surface area contributed by atoms with Crippen molar-refractivity contribution >= 4 is 5.91 Å². The Kier molecular flexibility index (Phi) is 9.21. The second-order valence-electron chi connectivity index (χ2n) is 9.57. The van der Waals surface area contributed by atoms with Crippen molar-refractivity contribution in [3.63, 3.8) is 0 Å². The molecule has 0 spiro atoms. The first kappa shape index (κ1) is 26.6. The number of amides is 1. The highest BCUT2D eigenvalue weighted by molar-refractivity contribution is 5.97. The Morgan fingerprint density at radius 2 is 2.09 bits per heavy atom. The smallest absolute Gasteiger partial charge is 0.259 e. The van der Waals surface area contributed by atoms with E-state index in [9.17, 15) is 14.3 Å². The van der Waals surface area contributed by atoms with Crippen LogP contribution in [0.25, 0.3) is 0 Å². The number of carbonyl (C=O) groups excluding carboxylic acids is 1. The summed E-state index contributed by atoms with van der Waals surface area (Å²) in [6.07, 6.45) is 1.35. The number of aliphatic hydroxyl groups is 1. The summed E-state index contributed by atoms with van der Waals surface area (Å²) in [6, 6.07) is 7.91. The molecule has 0 unspecified atom stereocenters. The summed E-state index contributed by atoms with van der Waals surface area (Å²) in [4.78, 5) is 23.6. The Labute approximate surface area is 207 Å². The van der Waals surface area contributed by atoms with Crippen LogP contribution >= 0.6 is 0 Å². The van der Waals surface area contributed by atoms with Gasteiger partial charge in [-0.1, -0.05) is 30.9 Å². The first-order valence-electron chi connectivity index (χ1n) is 11.8. The van der Waals surface area contributed by atoms with Gasteiger partial charge in [0.05, 0.1) is 19.2 Å². The van der Waals surface area contributed by atoms with Crippen LogP contribution in [0.3, 0.4) is 0 Å². The molecule has 0 fully saturated rings. The molecule has 3 atom stereocenters. The van der Waals surface area contributed by atoms with Gasteiger partial charge < -0.3 is 14.7 Å². The van der Waals surface area contributed by atoms with E-state index in [0.717, 1.165) is 5.56 Å². The number of pyridine rings is 1. The lowest BCUT2D eigenvalue weighted by atomic mass is 9.99. The van der Waals surface area contributed by atoms with Gasteiger partial charge in [0.15, 0.2) is 0 Å². The van der Waals surface area contributed by atoms with Crippen molar-refractivity contribution in [2.45, 2.75) is 32.5 Å². The van der Waals surface area contributed by atoms with Crippen LogP contribution in [0.4, 0.5) is 4.39 Å². The molecule has 2 aromatic rings. The number of aromatic nitrogens is 1. The summed E-state index contributed by atoms with van der Waals surface area (Å²) < 4.78 is 19.9. The van der Waals surface area contributed by atoms with Crippen molar-refractivity contribution < 1.29 is 19.0 Å². The lowest BCUT2D eigenvalue weighted by molar-refractivity contribution is 0.0325. The molecule has 1 amide bonds. The predicted molar refractivity (Wildman–Crippen MR) is 134 cm³/mol. The van der Waals surface area contributed by atoms with Crippen LogP contribution in [0.1, 0.15) is 35.3 Å². The van der Waals surface area contributed by atoms with Gasteiger partial charge in [-0.15, -0.1) is 0 Å². The molecule has 3 rings (SSSR count). The summed E-state index contributed by atoms with van der Waals surface area (Å²) in [5.74, 6) is 5.86. The van der Waals surface area contributed by atoms with E-state index in [1.807, 2.05) is 46.0 Å². The van der Waals surface area contributed by atoms with Crippen LogP contribution < -0.4 is 4.74 Å². The summed E-state index contributed by atoms with van der Waals surface area (Å²) in [5.41, 5.74) is 1.84. The maximum absolute atomic E-state index is 13.6. The molecule has 8 heteroatoms. The zero-order chi connectivity index (χ0) is 25.5.